The lowest BCUT2D eigenvalue weighted by molar-refractivity contribution is -0.144. The second-order valence-electron chi connectivity index (χ2n) is 6.72. The molecule has 1 heterocycles. The highest BCUT2D eigenvalue weighted by molar-refractivity contribution is 8.00. The van der Waals surface area contributed by atoms with Crippen molar-refractivity contribution >= 4 is 34.5 Å². The van der Waals surface area contributed by atoms with Crippen molar-refractivity contribution < 1.29 is 14.3 Å². The Labute approximate surface area is 168 Å². The molecule has 0 saturated heterocycles. The van der Waals surface area contributed by atoms with E-state index in [1.54, 1.807) is 0 Å². The van der Waals surface area contributed by atoms with Gasteiger partial charge in [-0.25, -0.2) is 4.79 Å². The molecule has 0 aliphatic carbocycles. The Morgan fingerprint density at radius 3 is 2.57 bits per heavy atom. The lowest BCUT2D eigenvalue weighted by Gasteiger charge is -2.19. The summed E-state index contributed by atoms with van der Waals surface area (Å²) in [5.74, 6) is -0.646. The van der Waals surface area contributed by atoms with E-state index in [1.165, 1.54) is 24.4 Å². The number of aromatic amines is 1. The van der Waals surface area contributed by atoms with Crippen molar-refractivity contribution in [3.8, 4) is 0 Å². The Morgan fingerprint density at radius 1 is 1.14 bits per heavy atom. The topological polar surface area (TPSA) is 71.2 Å². The van der Waals surface area contributed by atoms with Crippen molar-refractivity contribution in [1.82, 2.24) is 10.3 Å². The third-order valence-corrected chi connectivity index (χ3v) is 5.72. The van der Waals surface area contributed by atoms with Crippen LogP contribution in [0.15, 0.2) is 59.6 Å². The third-order valence-electron chi connectivity index (χ3n) is 4.60. The van der Waals surface area contributed by atoms with Crippen LogP contribution >= 0.6 is 11.8 Å². The number of nitrogens with one attached hydrogen (secondary N) is 2. The van der Waals surface area contributed by atoms with Gasteiger partial charge in [-0.3, -0.25) is 4.79 Å². The number of esters is 1. The zero-order chi connectivity index (χ0) is 20.1. The maximum atomic E-state index is 12.7. The third kappa shape index (κ3) is 4.75. The smallest absolute Gasteiger partial charge is 0.328 e. The summed E-state index contributed by atoms with van der Waals surface area (Å²) in [7, 11) is 1.33. The second kappa shape index (κ2) is 8.97. The van der Waals surface area contributed by atoms with Gasteiger partial charge in [0.2, 0.25) is 5.91 Å². The predicted octanol–water partition coefficient (Wildman–Crippen LogP) is 3.86. The first kappa shape index (κ1) is 20.0. The van der Waals surface area contributed by atoms with Crippen LogP contribution in [0.3, 0.4) is 0 Å². The molecule has 0 radical (unpaired) electrons. The molecule has 0 bridgehead atoms. The van der Waals surface area contributed by atoms with Crippen LogP contribution in [-0.4, -0.2) is 35.3 Å². The summed E-state index contributed by atoms with van der Waals surface area (Å²) in [6.45, 7) is 3.86. The Bertz CT molecular complexity index is 965. The number of H-pyrrole nitrogens is 1. The van der Waals surface area contributed by atoms with Crippen molar-refractivity contribution in [2.75, 3.05) is 7.11 Å². The van der Waals surface area contributed by atoms with Crippen molar-refractivity contribution in [2.45, 2.75) is 36.5 Å². The monoisotopic (exact) mass is 396 g/mol. The van der Waals surface area contributed by atoms with E-state index >= 15 is 0 Å². The van der Waals surface area contributed by atoms with Crippen LogP contribution in [-0.2, 0) is 20.7 Å². The minimum Gasteiger partial charge on any atom is -0.467 e. The fourth-order valence-corrected chi connectivity index (χ4v) is 3.90. The number of carbonyl (C=O) groups excluding carboxylic acids is 2. The van der Waals surface area contributed by atoms with Crippen LogP contribution in [0.25, 0.3) is 10.9 Å². The largest absolute Gasteiger partial charge is 0.467 e. The highest BCUT2D eigenvalue weighted by Gasteiger charge is 2.26. The number of fused-ring (bicyclic) bond motifs is 1. The van der Waals surface area contributed by atoms with Crippen molar-refractivity contribution in [2.24, 2.45) is 0 Å². The van der Waals surface area contributed by atoms with Gasteiger partial charge < -0.3 is 15.0 Å². The molecule has 3 aromatic rings. The van der Waals surface area contributed by atoms with Crippen LogP contribution < -0.4 is 5.32 Å². The van der Waals surface area contributed by atoms with Gasteiger partial charge in [-0.05, 0) is 37.6 Å². The van der Waals surface area contributed by atoms with E-state index in [1.807, 2.05) is 68.6 Å². The van der Waals surface area contributed by atoms with Crippen molar-refractivity contribution in [1.29, 1.82) is 0 Å². The predicted molar refractivity (Wildman–Crippen MR) is 112 cm³/mol. The summed E-state index contributed by atoms with van der Waals surface area (Å²) in [5.41, 5.74) is 3.13. The van der Waals surface area contributed by atoms with Gasteiger partial charge >= 0.3 is 5.97 Å². The normalized spacial score (nSPS) is 13.1. The molecule has 0 unspecified atom stereocenters. The summed E-state index contributed by atoms with van der Waals surface area (Å²) >= 11 is 1.46. The molecule has 6 heteroatoms. The highest BCUT2D eigenvalue weighted by Crippen LogP contribution is 2.24. The number of hydrogen-bond donors (Lipinski definition) is 2. The Balaban J connectivity index is 1.70. The van der Waals surface area contributed by atoms with Gasteiger partial charge in [0, 0.05) is 28.4 Å². The van der Waals surface area contributed by atoms with E-state index in [4.69, 9.17) is 4.74 Å². The molecule has 0 fully saturated rings. The number of aryl methyl sites for hydroxylation is 1. The Kier molecular flexibility index (Phi) is 6.41. The van der Waals surface area contributed by atoms with Gasteiger partial charge in [0.05, 0.1) is 12.4 Å². The second-order valence-corrected chi connectivity index (χ2v) is 8.14. The average Bonchev–Trinajstić information content (AvgIpc) is 3.11. The minimum absolute atomic E-state index is 0.194. The van der Waals surface area contributed by atoms with Gasteiger partial charge in [-0.1, -0.05) is 35.9 Å². The molecule has 28 heavy (non-hydrogen) atoms. The van der Waals surface area contributed by atoms with Gasteiger partial charge in [-0.2, -0.15) is 0 Å². The van der Waals surface area contributed by atoms with E-state index in [9.17, 15) is 9.59 Å². The first-order chi connectivity index (χ1) is 13.5. The lowest BCUT2D eigenvalue weighted by Crippen LogP contribution is -2.45. The molecule has 2 atom stereocenters. The van der Waals surface area contributed by atoms with E-state index in [0.29, 0.717) is 6.42 Å². The summed E-state index contributed by atoms with van der Waals surface area (Å²) in [6, 6.07) is 15.2. The van der Waals surface area contributed by atoms with Gasteiger partial charge in [0.25, 0.3) is 0 Å². The summed E-state index contributed by atoms with van der Waals surface area (Å²) in [4.78, 5) is 29.2. The van der Waals surface area contributed by atoms with Crippen molar-refractivity contribution in [3.05, 3.63) is 65.9 Å². The van der Waals surface area contributed by atoms with E-state index < -0.39 is 12.0 Å². The van der Waals surface area contributed by atoms with Crippen LogP contribution in [0.4, 0.5) is 0 Å². The quantitative estimate of drug-likeness (QED) is 0.470. The first-order valence-corrected chi connectivity index (χ1v) is 10.0. The fourth-order valence-electron chi connectivity index (χ4n) is 3.02. The molecule has 146 valence electrons. The van der Waals surface area contributed by atoms with E-state index in [2.05, 4.69) is 10.3 Å². The Hall–Kier alpha value is -2.73. The van der Waals surface area contributed by atoms with Gasteiger partial charge in [0.15, 0.2) is 0 Å². The number of methoxy groups -OCH3 is 1. The maximum absolute atomic E-state index is 12.7. The molecule has 0 aliphatic heterocycles. The molecule has 2 aromatic carbocycles. The number of benzene rings is 2. The number of ether oxygens (including phenoxy) is 1. The molecule has 1 amide bonds. The minimum atomic E-state index is -0.738. The standard InChI is InChI=1S/C22H24N2O3S/c1-14-8-10-17(11-9-14)28-15(2)21(25)24-20(22(26)27-3)12-16-13-23-19-7-5-4-6-18(16)19/h4-11,13,15,20,23H,12H2,1-3H3,(H,24,25)/t15-,20-/m0/s1. The molecule has 0 spiro atoms. The van der Waals surface area contributed by atoms with E-state index in [-0.39, 0.29) is 11.2 Å². The molecule has 1 aromatic heterocycles. The average molecular weight is 397 g/mol. The zero-order valence-electron chi connectivity index (χ0n) is 16.2. The molecule has 2 N–H and O–H groups in total. The summed E-state index contributed by atoms with van der Waals surface area (Å²) in [6.07, 6.45) is 2.24. The molecule has 0 saturated carbocycles. The molecular formula is C22H24N2O3S. The van der Waals surface area contributed by atoms with Crippen LogP contribution in [0.5, 0.6) is 0 Å². The van der Waals surface area contributed by atoms with Crippen LogP contribution in [0, 0.1) is 6.92 Å². The summed E-state index contributed by atoms with van der Waals surface area (Å²) in [5, 5.41) is 3.55. The van der Waals surface area contributed by atoms with Gasteiger partial charge in [0.1, 0.15) is 6.04 Å². The van der Waals surface area contributed by atoms with Gasteiger partial charge in [-0.15, -0.1) is 11.8 Å². The molecule has 0 aliphatic rings. The SMILES string of the molecule is COC(=O)[C@H](Cc1c[nH]c2ccccc12)NC(=O)[C@H](C)Sc1ccc(C)cc1. The number of amides is 1. The van der Waals surface area contributed by atoms with E-state index in [0.717, 1.165) is 21.4 Å². The molecule has 5 nitrogen and oxygen atoms in total. The van der Waals surface area contributed by atoms with Crippen LogP contribution in [0.2, 0.25) is 0 Å². The maximum Gasteiger partial charge on any atom is 0.328 e. The summed E-state index contributed by atoms with van der Waals surface area (Å²) < 4.78 is 4.91. The highest BCUT2D eigenvalue weighted by atomic mass is 32.2. The number of rotatable bonds is 7. The number of para-hydroxylation sites is 1. The number of carbonyl (C=O) groups is 2. The van der Waals surface area contributed by atoms with Crippen molar-refractivity contribution in [3.63, 3.8) is 0 Å². The molecule has 3 rings (SSSR count). The fraction of sp³-hybridized carbons (Fsp3) is 0.273. The molecular weight excluding hydrogens is 372 g/mol. The first-order valence-electron chi connectivity index (χ1n) is 9.14. The lowest BCUT2D eigenvalue weighted by atomic mass is 10.0. The zero-order valence-corrected chi connectivity index (χ0v) is 17.0. The Morgan fingerprint density at radius 2 is 1.86 bits per heavy atom. The van der Waals surface area contributed by atoms with Crippen LogP contribution in [0.1, 0.15) is 18.1 Å². The number of aromatic nitrogens is 1. The number of hydrogen-bond acceptors (Lipinski definition) is 4. The number of thioether (sulfide) groups is 1.